The molecule has 2 rings (SSSR count). The van der Waals surface area contributed by atoms with Crippen LogP contribution in [0.4, 0.5) is 5.69 Å². The van der Waals surface area contributed by atoms with Crippen molar-refractivity contribution in [1.82, 2.24) is 4.90 Å². The number of hydrogen-bond donors (Lipinski definition) is 2. The van der Waals surface area contributed by atoms with Crippen molar-refractivity contribution in [3.63, 3.8) is 0 Å². The van der Waals surface area contributed by atoms with Gasteiger partial charge in [-0.15, -0.1) is 0 Å². The summed E-state index contributed by atoms with van der Waals surface area (Å²) in [7, 11) is 2.09. The van der Waals surface area contributed by atoms with E-state index in [9.17, 15) is 0 Å². The van der Waals surface area contributed by atoms with E-state index in [0.717, 1.165) is 48.2 Å². The van der Waals surface area contributed by atoms with Crippen LogP contribution < -0.4 is 10.6 Å². The molecule has 0 radical (unpaired) electrons. The van der Waals surface area contributed by atoms with E-state index in [2.05, 4.69) is 44.9 Å². The number of oxime groups is 1. The number of rotatable bonds is 4. The van der Waals surface area contributed by atoms with Gasteiger partial charge in [0.25, 0.3) is 0 Å². The molecule has 0 aliphatic carbocycles. The number of piperidine rings is 1. The second kappa shape index (κ2) is 7.13. The quantitative estimate of drug-likeness (QED) is 0.377. The van der Waals surface area contributed by atoms with E-state index in [4.69, 9.17) is 10.9 Å². The monoisotopic (exact) mass is 354 g/mol. The maximum Gasteiger partial charge on any atom is 0.172 e. The van der Waals surface area contributed by atoms with E-state index in [0.29, 0.717) is 6.04 Å². The van der Waals surface area contributed by atoms with Crippen LogP contribution in [-0.4, -0.2) is 48.7 Å². The largest absolute Gasteiger partial charge is 0.409 e. The minimum absolute atomic E-state index is 0.148. The van der Waals surface area contributed by atoms with Crippen LogP contribution in [-0.2, 0) is 0 Å². The maximum absolute atomic E-state index is 8.97. The molecule has 3 N–H and O–H groups in total. The fraction of sp³-hybridized carbons (Fsp3) is 0.533. The van der Waals surface area contributed by atoms with Crippen LogP contribution in [0.1, 0.15) is 25.3 Å². The Labute approximate surface area is 134 Å². The number of nitrogens with two attached hydrogens (primary N) is 1. The van der Waals surface area contributed by atoms with Crippen molar-refractivity contribution in [2.45, 2.75) is 25.8 Å². The number of nitrogens with zero attached hydrogens (tertiary/aromatic N) is 3. The van der Waals surface area contributed by atoms with E-state index in [-0.39, 0.29) is 5.84 Å². The van der Waals surface area contributed by atoms with Gasteiger partial charge in [-0.2, -0.15) is 0 Å². The number of amidine groups is 1. The average molecular weight is 355 g/mol. The molecule has 0 saturated carbocycles. The second-order valence-corrected chi connectivity index (χ2v) is 6.34. The summed E-state index contributed by atoms with van der Waals surface area (Å²) < 4.78 is 0.991. The van der Waals surface area contributed by atoms with Crippen LogP contribution in [0.5, 0.6) is 0 Å². The molecule has 116 valence electrons. The summed E-state index contributed by atoms with van der Waals surface area (Å²) in [5.41, 5.74) is 7.57. The van der Waals surface area contributed by atoms with Crippen LogP contribution >= 0.6 is 15.9 Å². The molecule has 0 atom stereocenters. The van der Waals surface area contributed by atoms with Crippen LogP contribution in [0.2, 0.25) is 0 Å². The Kier molecular flexibility index (Phi) is 5.47. The van der Waals surface area contributed by atoms with Crippen molar-refractivity contribution >= 4 is 27.5 Å². The molecule has 0 spiro atoms. The molecule has 1 aromatic carbocycles. The third-order valence-corrected chi connectivity index (χ3v) is 4.77. The van der Waals surface area contributed by atoms with Gasteiger partial charge >= 0.3 is 0 Å². The molecule has 5 nitrogen and oxygen atoms in total. The SMILES string of the molecule is CCN1CCC(N(C)c2cc(Br)ccc2/C(N)=N/O)CC1. The lowest BCUT2D eigenvalue weighted by Gasteiger charge is -2.38. The van der Waals surface area contributed by atoms with Crippen molar-refractivity contribution in [2.24, 2.45) is 10.9 Å². The minimum Gasteiger partial charge on any atom is -0.409 e. The first kappa shape index (κ1) is 16.1. The topological polar surface area (TPSA) is 65.1 Å². The molecule has 1 fully saturated rings. The standard InChI is InChI=1S/C15H23BrN4O/c1-3-20-8-6-12(7-9-20)19(2)14-10-11(16)4-5-13(14)15(17)18-21/h4-5,10,12,21H,3,6-9H2,1-2H3,(H2,17,18). The molecule has 6 heteroatoms. The van der Waals surface area contributed by atoms with E-state index in [1.54, 1.807) is 0 Å². The average Bonchev–Trinajstić information content (AvgIpc) is 2.53. The highest BCUT2D eigenvalue weighted by Gasteiger charge is 2.24. The van der Waals surface area contributed by atoms with Crippen LogP contribution in [0.3, 0.4) is 0 Å². The Morgan fingerprint density at radius 3 is 2.71 bits per heavy atom. The van der Waals surface area contributed by atoms with E-state index in [1.807, 2.05) is 18.2 Å². The first-order valence-electron chi connectivity index (χ1n) is 7.29. The first-order chi connectivity index (χ1) is 10.1. The minimum atomic E-state index is 0.148. The van der Waals surface area contributed by atoms with Crippen LogP contribution in [0, 0.1) is 0 Å². The second-order valence-electron chi connectivity index (χ2n) is 5.42. The third-order valence-electron chi connectivity index (χ3n) is 4.28. The highest BCUT2D eigenvalue weighted by Crippen LogP contribution is 2.28. The van der Waals surface area contributed by atoms with Gasteiger partial charge in [0.2, 0.25) is 0 Å². The molecule has 0 aromatic heterocycles. The number of likely N-dealkylation sites (tertiary alicyclic amines) is 1. The van der Waals surface area contributed by atoms with E-state index in [1.165, 1.54) is 0 Å². The molecule has 0 amide bonds. The zero-order valence-corrected chi connectivity index (χ0v) is 14.2. The third kappa shape index (κ3) is 3.68. The van der Waals surface area contributed by atoms with Crippen LogP contribution in [0.15, 0.2) is 27.8 Å². The molecule has 1 aliphatic rings. The van der Waals surface area contributed by atoms with Crippen molar-refractivity contribution in [3.8, 4) is 0 Å². The number of hydrogen-bond acceptors (Lipinski definition) is 4. The van der Waals surface area contributed by atoms with Crippen molar-refractivity contribution in [3.05, 3.63) is 28.2 Å². The molecule has 1 aromatic rings. The molecule has 21 heavy (non-hydrogen) atoms. The lowest BCUT2D eigenvalue weighted by atomic mass is 10.0. The number of halogens is 1. The zero-order valence-electron chi connectivity index (χ0n) is 12.6. The summed E-state index contributed by atoms with van der Waals surface area (Å²) in [5.74, 6) is 0.148. The van der Waals surface area contributed by atoms with Gasteiger partial charge in [0.05, 0.1) is 0 Å². The van der Waals surface area contributed by atoms with Gasteiger partial charge < -0.3 is 20.7 Å². The summed E-state index contributed by atoms with van der Waals surface area (Å²) in [6.45, 7) is 5.56. The molecular weight excluding hydrogens is 332 g/mol. The van der Waals surface area contributed by atoms with Gasteiger partial charge in [-0.05, 0) is 37.6 Å². The lowest BCUT2D eigenvalue weighted by Crippen LogP contribution is -2.43. The zero-order chi connectivity index (χ0) is 15.4. The Bertz CT molecular complexity index is 512. The van der Waals surface area contributed by atoms with Gasteiger partial charge in [0.15, 0.2) is 5.84 Å². The van der Waals surface area contributed by atoms with Gasteiger partial charge in [0, 0.05) is 41.9 Å². The highest BCUT2D eigenvalue weighted by atomic mass is 79.9. The van der Waals surface area contributed by atoms with Gasteiger partial charge in [-0.1, -0.05) is 28.0 Å². The lowest BCUT2D eigenvalue weighted by molar-refractivity contribution is 0.221. The maximum atomic E-state index is 8.97. The van der Waals surface area contributed by atoms with Crippen molar-refractivity contribution in [2.75, 3.05) is 31.6 Å². The summed E-state index contributed by atoms with van der Waals surface area (Å²) in [4.78, 5) is 4.72. The van der Waals surface area contributed by atoms with Gasteiger partial charge in [0.1, 0.15) is 0 Å². The molecule has 1 saturated heterocycles. The fourth-order valence-corrected chi connectivity index (χ4v) is 3.24. The summed E-state index contributed by atoms with van der Waals surface area (Å²) >= 11 is 3.50. The fourth-order valence-electron chi connectivity index (χ4n) is 2.89. The summed E-state index contributed by atoms with van der Waals surface area (Å²) in [6, 6.07) is 6.29. The normalized spacial score (nSPS) is 18.0. The Balaban J connectivity index is 2.22. The van der Waals surface area contributed by atoms with E-state index >= 15 is 0 Å². The Morgan fingerprint density at radius 1 is 1.48 bits per heavy atom. The predicted molar refractivity (Wildman–Crippen MR) is 90.2 cm³/mol. The predicted octanol–water partition coefficient (Wildman–Crippen LogP) is 2.46. The van der Waals surface area contributed by atoms with Gasteiger partial charge in [-0.25, -0.2) is 0 Å². The van der Waals surface area contributed by atoms with Crippen molar-refractivity contribution < 1.29 is 5.21 Å². The summed E-state index contributed by atoms with van der Waals surface area (Å²) in [5, 5.41) is 12.1. The Morgan fingerprint density at radius 2 is 2.14 bits per heavy atom. The molecule has 1 heterocycles. The van der Waals surface area contributed by atoms with Gasteiger partial charge in [-0.3, -0.25) is 0 Å². The van der Waals surface area contributed by atoms with Crippen LogP contribution in [0.25, 0.3) is 0 Å². The number of benzene rings is 1. The molecule has 0 bridgehead atoms. The highest BCUT2D eigenvalue weighted by molar-refractivity contribution is 9.10. The Hall–Kier alpha value is -1.27. The van der Waals surface area contributed by atoms with E-state index < -0.39 is 0 Å². The molecular formula is C15H23BrN4O. The summed E-state index contributed by atoms with van der Waals surface area (Å²) in [6.07, 6.45) is 2.26. The molecule has 1 aliphatic heterocycles. The molecule has 0 unspecified atom stereocenters. The smallest absolute Gasteiger partial charge is 0.172 e. The van der Waals surface area contributed by atoms with Crippen molar-refractivity contribution in [1.29, 1.82) is 0 Å². The first-order valence-corrected chi connectivity index (χ1v) is 8.08. The number of anilines is 1.